The normalized spacial score (nSPS) is 14.1. The molecule has 8 heteroatoms. The number of carbonyl (C=O) groups excluding carboxylic acids is 1. The molecule has 0 atom stereocenters. The van der Waals surface area contributed by atoms with Gasteiger partial charge in [0.1, 0.15) is 6.33 Å². The van der Waals surface area contributed by atoms with Crippen LogP contribution in [0.4, 0.5) is 5.69 Å². The molecular formula is C11H13N7O. The van der Waals surface area contributed by atoms with Crippen LogP contribution in [0.25, 0.3) is 0 Å². The molecule has 19 heavy (non-hydrogen) atoms. The van der Waals surface area contributed by atoms with Crippen molar-refractivity contribution >= 4 is 11.6 Å². The third kappa shape index (κ3) is 2.02. The summed E-state index contributed by atoms with van der Waals surface area (Å²) in [6.45, 7) is 1.75. The van der Waals surface area contributed by atoms with E-state index >= 15 is 0 Å². The first-order chi connectivity index (χ1) is 9.29. The molecule has 3 heterocycles. The molecule has 2 aromatic rings. The number of fused-ring (bicyclic) bond motifs is 1. The van der Waals surface area contributed by atoms with Gasteiger partial charge < -0.3 is 14.9 Å². The van der Waals surface area contributed by atoms with Gasteiger partial charge in [0, 0.05) is 25.5 Å². The molecular weight excluding hydrogens is 246 g/mol. The van der Waals surface area contributed by atoms with E-state index in [1.807, 2.05) is 4.57 Å². The van der Waals surface area contributed by atoms with Gasteiger partial charge in [-0.3, -0.25) is 15.6 Å². The summed E-state index contributed by atoms with van der Waals surface area (Å²) in [5.41, 5.74) is 3.53. The Kier molecular flexibility index (Phi) is 2.84. The zero-order valence-corrected chi connectivity index (χ0v) is 10.2. The lowest BCUT2D eigenvalue weighted by Gasteiger charge is -2.27. The zero-order valence-electron chi connectivity index (χ0n) is 10.2. The Morgan fingerprint density at radius 1 is 1.42 bits per heavy atom. The minimum absolute atomic E-state index is 0.115. The summed E-state index contributed by atoms with van der Waals surface area (Å²) in [5.74, 6) is 6.07. The van der Waals surface area contributed by atoms with Crippen LogP contribution < -0.4 is 11.3 Å². The number of anilines is 1. The highest BCUT2D eigenvalue weighted by molar-refractivity contribution is 5.99. The first-order valence-corrected chi connectivity index (χ1v) is 5.86. The van der Waals surface area contributed by atoms with Crippen molar-refractivity contribution in [2.45, 2.75) is 13.1 Å². The minimum Gasteiger partial charge on any atom is -0.329 e. The first-order valence-electron chi connectivity index (χ1n) is 5.86. The van der Waals surface area contributed by atoms with E-state index in [4.69, 9.17) is 5.84 Å². The van der Waals surface area contributed by atoms with Gasteiger partial charge in [-0.2, -0.15) is 0 Å². The molecule has 3 N–H and O–H groups in total. The van der Waals surface area contributed by atoms with E-state index in [1.54, 1.807) is 23.5 Å². The number of nitrogen functional groups attached to an aromatic ring is 1. The molecule has 3 rings (SSSR count). The van der Waals surface area contributed by atoms with Crippen molar-refractivity contribution < 1.29 is 4.79 Å². The SMILES string of the molecule is NNc1ccncc1C(=O)N1CCn2cnnc2C1. The first kappa shape index (κ1) is 11.6. The number of hydrogen-bond donors (Lipinski definition) is 2. The smallest absolute Gasteiger partial charge is 0.258 e. The number of nitrogens with one attached hydrogen (secondary N) is 1. The summed E-state index contributed by atoms with van der Waals surface area (Å²) < 4.78 is 1.94. The number of carbonyl (C=O) groups is 1. The van der Waals surface area contributed by atoms with Gasteiger partial charge in [0.25, 0.3) is 5.91 Å². The molecule has 1 amide bonds. The van der Waals surface area contributed by atoms with Gasteiger partial charge in [-0.1, -0.05) is 0 Å². The minimum atomic E-state index is -0.115. The number of hydrazine groups is 1. The summed E-state index contributed by atoms with van der Waals surface area (Å²) >= 11 is 0. The second kappa shape index (κ2) is 4.65. The van der Waals surface area contributed by atoms with Crippen LogP contribution in [0.15, 0.2) is 24.8 Å². The summed E-state index contributed by atoms with van der Waals surface area (Å²) in [6.07, 6.45) is 4.77. The van der Waals surface area contributed by atoms with Crippen molar-refractivity contribution in [1.29, 1.82) is 0 Å². The standard InChI is InChI=1S/C11H13N7O/c12-15-9-1-2-13-5-8(9)11(19)17-3-4-18-7-14-16-10(18)6-17/h1-2,5,7H,3-4,6,12H2,(H,13,15). The van der Waals surface area contributed by atoms with E-state index in [9.17, 15) is 4.79 Å². The van der Waals surface area contributed by atoms with E-state index in [1.165, 1.54) is 6.20 Å². The average Bonchev–Trinajstić information content (AvgIpc) is 2.93. The predicted octanol–water partition coefficient (Wildman–Crippen LogP) is -0.385. The van der Waals surface area contributed by atoms with Crippen LogP contribution >= 0.6 is 0 Å². The lowest BCUT2D eigenvalue weighted by molar-refractivity contribution is 0.0708. The van der Waals surface area contributed by atoms with E-state index in [0.29, 0.717) is 30.9 Å². The van der Waals surface area contributed by atoms with Crippen LogP contribution in [-0.2, 0) is 13.1 Å². The van der Waals surface area contributed by atoms with Crippen molar-refractivity contribution in [3.8, 4) is 0 Å². The molecule has 0 saturated carbocycles. The van der Waals surface area contributed by atoms with E-state index in [0.717, 1.165) is 5.82 Å². The van der Waals surface area contributed by atoms with Gasteiger partial charge in [0.15, 0.2) is 5.82 Å². The Hall–Kier alpha value is -2.48. The Balaban J connectivity index is 1.85. The summed E-state index contributed by atoms with van der Waals surface area (Å²) in [4.78, 5) is 18.1. The Labute approximate surface area is 109 Å². The second-order valence-electron chi connectivity index (χ2n) is 4.23. The summed E-state index contributed by atoms with van der Waals surface area (Å²) in [7, 11) is 0. The Morgan fingerprint density at radius 3 is 3.16 bits per heavy atom. The van der Waals surface area contributed by atoms with Crippen molar-refractivity contribution in [3.05, 3.63) is 36.2 Å². The van der Waals surface area contributed by atoms with Gasteiger partial charge in [-0.15, -0.1) is 10.2 Å². The molecule has 1 aliphatic rings. The number of aromatic nitrogens is 4. The maximum Gasteiger partial charge on any atom is 0.258 e. The third-order valence-corrected chi connectivity index (χ3v) is 3.13. The van der Waals surface area contributed by atoms with Crippen LogP contribution in [0.1, 0.15) is 16.2 Å². The summed E-state index contributed by atoms with van der Waals surface area (Å²) in [5, 5.41) is 7.82. The molecule has 0 saturated heterocycles. The van der Waals surface area contributed by atoms with Gasteiger partial charge in [-0.25, -0.2) is 0 Å². The highest BCUT2D eigenvalue weighted by atomic mass is 16.2. The summed E-state index contributed by atoms with van der Waals surface area (Å²) in [6, 6.07) is 1.67. The largest absolute Gasteiger partial charge is 0.329 e. The lowest BCUT2D eigenvalue weighted by atomic mass is 10.2. The van der Waals surface area contributed by atoms with Crippen molar-refractivity contribution in [2.75, 3.05) is 12.0 Å². The monoisotopic (exact) mass is 259 g/mol. The molecule has 0 aliphatic carbocycles. The molecule has 98 valence electrons. The van der Waals surface area contributed by atoms with E-state index in [-0.39, 0.29) is 5.91 Å². The van der Waals surface area contributed by atoms with E-state index < -0.39 is 0 Å². The van der Waals surface area contributed by atoms with Crippen molar-refractivity contribution in [3.63, 3.8) is 0 Å². The molecule has 0 bridgehead atoms. The number of pyridine rings is 1. The van der Waals surface area contributed by atoms with Crippen molar-refractivity contribution in [2.24, 2.45) is 5.84 Å². The topological polar surface area (TPSA) is 102 Å². The molecule has 0 unspecified atom stereocenters. The fourth-order valence-electron chi connectivity index (χ4n) is 2.10. The predicted molar refractivity (Wildman–Crippen MR) is 66.8 cm³/mol. The number of nitrogens with zero attached hydrogens (tertiary/aromatic N) is 5. The Morgan fingerprint density at radius 2 is 2.32 bits per heavy atom. The fraction of sp³-hybridized carbons (Fsp3) is 0.273. The number of amides is 1. The maximum atomic E-state index is 12.4. The van der Waals surface area contributed by atoms with Crippen LogP contribution in [0.3, 0.4) is 0 Å². The van der Waals surface area contributed by atoms with Crippen LogP contribution in [-0.4, -0.2) is 37.1 Å². The molecule has 1 aliphatic heterocycles. The molecule has 0 spiro atoms. The molecule has 0 radical (unpaired) electrons. The highest BCUT2D eigenvalue weighted by Gasteiger charge is 2.24. The average molecular weight is 259 g/mol. The zero-order chi connectivity index (χ0) is 13.2. The quantitative estimate of drug-likeness (QED) is 0.563. The highest BCUT2D eigenvalue weighted by Crippen LogP contribution is 2.18. The molecule has 8 nitrogen and oxygen atoms in total. The van der Waals surface area contributed by atoms with Crippen LogP contribution in [0, 0.1) is 0 Å². The van der Waals surface area contributed by atoms with Crippen molar-refractivity contribution in [1.82, 2.24) is 24.6 Å². The molecule has 0 fully saturated rings. The van der Waals surface area contributed by atoms with Gasteiger partial charge in [-0.05, 0) is 6.07 Å². The van der Waals surface area contributed by atoms with E-state index in [2.05, 4.69) is 20.6 Å². The van der Waals surface area contributed by atoms with Gasteiger partial charge >= 0.3 is 0 Å². The van der Waals surface area contributed by atoms with Gasteiger partial charge in [0.05, 0.1) is 17.8 Å². The fourth-order valence-corrected chi connectivity index (χ4v) is 2.10. The lowest BCUT2D eigenvalue weighted by Crippen LogP contribution is -2.38. The Bertz CT molecular complexity index is 609. The third-order valence-electron chi connectivity index (χ3n) is 3.13. The maximum absolute atomic E-state index is 12.4. The van der Waals surface area contributed by atoms with Crippen LogP contribution in [0.2, 0.25) is 0 Å². The van der Waals surface area contributed by atoms with Gasteiger partial charge in [0.2, 0.25) is 0 Å². The molecule has 2 aromatic heterocycles. The number of nitrogens with two attached hydrogens (primary N) is 1. The number of hydrogen-bond acceptors (Lipinski definition) is 6. The molecule has 0 aromatic carbocycles. The van der Waals surface area contributed by atoms with Crippen LogP contribution in [0.5, 0.6) is 0 Å². The number of rotatable bonds is 2. The second-order valence-corrected chi connectivity index (χ2v) is 4.23.